The lowest BCUT2D eigenvalue weighted by Gasteiger charge is -2.44. The van der Waals surface area contributed by atoms with Gasteiger partial charge in [-0.15, -0.1) is 0 Å². The molecule has 1 fully saturated rings. The van der Waals surface area contributed by atoms with Crippen molar-refractivity contribution in [3.8, 4) is 0 Å². The lowest BCUT2D eigenvalue weighted by molar-refractivity contribution is -0.126. The van der Waals surface area contributed by atoms with Crippen LogP contribution in [0, 0.1) is 0 Å². The van der Waals surface area contributed by atoms with Gasteiger partial charge in [-0.3, -0.25) is 4.79 Å². The fourth-order valence-corrected chi connectivity index (χ4v) is 3.05. The lowest BCUT2D eigenvalue weighted by Crippen LogP contribution is -2.60. The first kappa shape index (κ1) is 15.4. The van der Waals surface area contributed by atoms with Crippen LogP contribution in [0.25, 0.3) is 0 Å². The summed E-state index contributed by atoms with van der Waals surface area (Å²) in [6, 6.07) is 1.01. The first-order valence-corrected chi connectivity index (χ1v) is 7.23. The fraction of sp³-hybridized carbons (Fsp3) is 0.929. The van der Waals surface area contributed by atoms with E-state index in [1.807, 2.05) is 6.92 Å². The molecule has 4 nitrogen and oxygen atoms in total. The second-order valence-corrected chi connectivity index (χ2v) is 5.65. The second-order valence-electron chi connectivity index (χ2n) is 5.65. The van der Waals surface area contributed by atoms with Gasteiger partial charge in [-0.1, -0.05) is 13.8 Å². The minimum atomic E-state index is -0.487. The van der Waals surface area contributed by atoms with Gasteiger partial charge in [0.05, 0.1) is 5.54 Å². The van der Waals surface area contributed by atoms with Crippen LogP contribution in [0.2, 0.25) is 0 Å². The maximum Gasteiger partial charge on any atom is 0.237 e. The molecule has 0 saturated heterocycles. The van der Waals surface area contributed by atoms with Crippen LogP contribution in [0.4, 0.5) is 0 Å². The first-order chi connectivity index (χ1) is 8.46. The number of carbonyl (C=O) groups is 1. The molecule has 1 saturated carbocycles. The minimum Gasteiger partial charge on any atom is -0.368 e. The van der Waals surface area contributed by atoms with E-state index in [-0.39, 0.29) is 5.91 Å². The number of rotatable bonds is 6. The normalized spacial score (nSPS) is 30.4. The Morgan fingerprint density at radius 3 is 2.72 bits per heavy atom. The Hall–Kier alpha value is -0.610. The lowest BCUT2D eigenvalue weighted by atomic mass is 9.77. The maximum atomic E-state index is 11.8. The fourth-order valence-electron chi connectivity index (χ4n) is 3.05. The number of amides is 1. The summed E-state index contributed by atoms with van der Waals surface area (Å²) in [6.45, 7) is 7.28. The molecule has 4 heteroatoms. The monoisotopic (exact) mass is 255 g/mol. The van der Waals surface area contributed by atoms with Crippen LogP contribution in [0.15, 0.2) is 0 Å². The quantitative estimate of drug-likeness (QED) is 0.756. The van der Waals surface area contributed by atoms with Crippen molar-refractivity contribution in [2.45, 2.75) is 70.5 Å². The Morgan fingerprint density at radius 2 is 2.22 bits per heavy atom. The second kappa shape index (κ2) is 6.53. The smallest absolute Gasteiger partial charge is 0.237 e. The molecule has 0 heterocycles. The third-order valence-electron chi connectivity index (χ3n) is 4.57. The van der Waals surface area contributed by atoms with Gasteiger partial charge in [-0.2, -0.15) is 0 Å². The number of likely N-dealkylation sites (N-methyl/N-ethyl adjacent to an activating group) is 1. The number of hydrogen-bond acceptors (Lipinski definition) is 3. The molecule has 1 rings (SSSR count). The average Bonchev–Trinajstić information content (AvgIpc) is 2.37. The molecule has 0 bridgehead atoms. The molecule has 1 amide bonds. The summed E-state index contributed by atoms with van der Waals surface area (Å²) in [4.78, 5) is 14.2. The van der Waals surface area contributed by atoms with Crippen LogP contribution in [0.5, 0.6) is 0 Å². The summed E-state index contributed by atoms with van der Waals surface area (Å²) in [5, 5.41) is 3.34. The van der Waals surface area contributed by atoms with Crippen LogP contribution in [-0.4, -0.2) is 42.0 Å². The molecule has 0 aromatic heterocycles. The first-order valence-electron chi connectivity index (χ1n) is 7.23. The predicted octanol–water partition coefficient (Wildman–Crippen LogP) is 1.49. The minimum absolute atomic E-state index is 0.188. The van der Waals surface area contributed by atoms with Crippen LogP contribution < -0.4 is 11.1 Å². The Bertz CT molecular complexity index is 278. The van der Waals surface area contributed by atoms with E-state index in [0.717, 1.165) is 32.2 Å². The molecule has 3 unspecified atom stereocenters. The Balaban J connectivity index is 2.77. The Morgan fingerprint density at radius 1 is 1.56 bits per heavy atom. The Kier molecular flexibility index (Phi) is 5.60. The van der Waals surface area contributed by atoms with Crippen molar-refractivity contribution >= 4 is 5.91 Å². The highest BCUT2D eigenvalue weighted by atomic mass is 16.1. The zero-order valence-electron chi connectivity index (χ0n) is 12.3. The molecule has 0 spiro atoms. The van der Waals surface area contributed by atoms with E-state index in [9.17, 15) is 4.79 Å². The van der Waals surface area contributed by atoms with E-state index < -0.39 is 5.54 Å². The summed E-state index contributed by atoms with van der Waals surface area (Å²) in [7, 11) is 2.17. The maximum absolute atomic E-state index is 11.8. The number of hydrogen-bond donors (Lipinski definition) is 2. The third-order valence-corrected chi connectivity index (χ3v) is 4.57. The Labute approximate surface area is 111 Å². The summed E-state index contributed by atoms with van der Waals surface area (Å²) in [6.07, 6.45) is 5.10. The third kappa shape index (κ3) is 3.23. The van der Waals surface area contributed by atoms with Gasteiger partial charge < -0.3 is 16.0 Å². The molecule has 3 atom stereocenters. The van der Waals surface area contributed by atoms with Gasteiger partial charge in [0, 0.05) is 12.1 Å². The molecule has 3 N–H and O–H groups in total. The van der Waals surface area contributed by atoms with Crippen molar-refractivity contribution in [2.75, 3.05) is 13.6 Å². The van der Waals surface area contributed by atoms with Crippen molar-refractivity contribution in [1.29, 1.82) is 0 Å². The highest BCUT2D eigenvalue weighted by molar-refractivity contribution is 5.84. The molecule has 1 aliphatic carbocycles. The number of nitrogens with zero attached hydrogens (tertiary/aromatic N) is 1. The van der Waals surface area contributed by atoms with Crippen molar-refractivity contribution in [1.82, 2.24) is 10.2 Å². The van der Waals surface area contributed by atoms with Crippen molar-refractivity contribution in [3.05, 3.63) is 0 Å². The number of primary amides is 1. The standard InChI is InChI=1S/C14H29N3O/c1-5-11(3)17(4)12-8-7-9-14(10-12,13(15)18)16-6-2/h11-12,16H,5-10H2,1-4H3,(H2,15,18). The van der Waals surface area contributed by atoms with Gasteiger partial charge in [0.1, 0.15) is 0 Å². The molecule has 0 aliphatic heterocycles. The van der Waals surface area contributed by atoms with E-state index in [1.54, 1.807) is 0 Å². The molecule has 0 aromatic carbocycles. The highest BCUT2D eigenvalue weighted by Gasteiger charge is 2.42. The molecule has 1 aliphatic rings. The van der Waals surface area contributed by atoms with E-state index in [4.69, 9.17) is 5.73 Å². The van der Waals surface area contributed by atoms with E-state index in [1.165, 1.54) is 6.42 Å². The van der Waals surface area contributed by atoms with Gasteiger partial charge in [-0.05, 0) is 52.6 Å². The van der Waals surface area contributed by atoms with Crippen LogP contribution in [0.1, 0.15) is 52.9 Å². The molecule has 0 radical (unpaired) electrons. The van der Waals surface area contributed by atoms with Gasteiger partial charge in [0.2, 0.25) is 5.91 Å². The number of nitrogens with one attached hydrogen (secondary N) is 1. The van der Waals surface area contributed by atoms with Gasteiger partial charge in [-0.25, -0.2) is 0 Å². The highest BCUT2D eigenvalue weighted by Crippen LogP contribution is 2.31. The molecule has 18 heavy (non-hydrogen) atoms. The molecule has 0 aromatic rings. The molecular weight excluding hydrogens is 226 g/mol. The van der Waals surface area contributed by atoms with Crippen molar-refractivity contribution in [3.63, 3.8) is 0 Å². The summed E-state index contributed by atoms with van der Waals surface area (Å²) >= 11 is 0. The van der Waals surface area contributed by atoms with Crippen LogP contribution >= 0.6 is 0 Å². The van der Waals surface area contributed by atoms with E-state index >= 15 is 0 Å². The van der Waals surface area contributed by atoms with Crippen molar-refractivity contribution in [2.24, 2.45) is 5.73 Å². The van der Waals surface area contributed by atoms with E-state index in [0.29, 0.717) is 12.1 Å². The van der Waals surface area contributed by atoms with Crippen LogP contribution in [0.3, 0.4) is 0 Å². The molecular formula is C14H29N3O. The number of carbonyl (C=O) groups excluding carboxylic acids is 1. The topological polar surface area (TPSA) is 58.4 Å². The van der Waals surface area contributed by atoms with E-state index in [2.05, 4.69) is 31.1 Å². The van der Waals surface area contributed by atoms with Crippen molar-refractivity contribution < 1.29 is 4.79 Å². The van der Waals surface area contributed by atoms with Gasteiger partial charge >= 0.3 is 0 Å². The van der Waals surface area contributed by atoms with Gasteiger partial charge in [0.25, 0.3) is 0 Å². The average molecular weight is 255 g/mol. The largest absolute Gasteiger partial charge is 0.368 e. The summed E-state index contributed by atoms with van der Waals surface area (Å²) in [5.41, 5.74) is 5.15. The molecule has 106 valence electrons. The van der Waals surface area contributed by atoms with Gasteiger partial charge in [0.15, 0.2) is 0 Å². The summed E-state index contributed by atoms with van der Waals surface area (Å²) in [5.74, 6) is -0.188. The summed E-state index contributed by atoms with van der Waals surface area (Å²) < 4.78 is 0. The number of nitrogens with two attached hydrogens (primary N) is 1. The SMILES string of the molecule is CCNC1(C(N)=O)CCCC(N(C)C(C)CC)C1. The predicted molar refractivity (Wildman–Crippen MR) is 75.4 cm³/mol. The zero-order chi connectivity index (χ0) is 13.8. The van der Waals surface area contributed by atoms with Crippen LogP contribution in [-0.2, 0) is 4.79 Å². The zero-order valence-corrected chi connectivity index (χ0v) is 12.3.